The number of carbonyl (C=O) groups excluding carboxylic acids is 1. The zero-order valence-corrected chi connectivity index (χ0v) is 12.7. The van der Waals surface area contributed by atoms with E-state index in [2.05, 4.69) is 30.2 Å². The summed E-state index contributed by atoms with van der Waals surface area (Å²) >= 11 is 0. The number of amides is 1. The van der Waals surface area contributed by atoms with Crippen molar-refractivity contribution in [3.05, 3.63) is 23.9 Å². The van der Waals surface area contributed by atoms with Gasteiger partial charge in [-0.1, -0.05) is 13.0 Å². The maximum absolute atomic E-state index is 11.7. The first-order valence-corrected chi connectivity index (χ1v) is 7.61. The molecule has 1 N–H and O–H groups in total. The third-order valence-electron chi connectivity index (χ3n) is 4.09. The fraction of sp³-hybridized carbons (Fsp3) is 0.625. The maximum atomic E-state index is 11.7. The smallest absolute Gasteiger partial charge is 0.219 e. The molecule has 1 amide bonds. The Morgan fingerprint density at radius 3 is 2.90 bits per heavy atom. The molecule has 0 unspecified atom stereocenters. The molecule has 1 saturated heterocycles. The van der Waals surface area contributed by atoms with Crippen molar-refractivity contribution in [1.82, 2.24) is 9.88 Å². The van der Waals surface area contributed by atoms with E-state index in [0.29, 0.717) is 6.04 Å². The van der Waals surface area contributed by atoms with Gasteiger partial charge in [-0.25, -0.2) is 4.98 Å². The van der Waals surface area contributed by atoms with Gasteiger partial charge < -0.3 is 10.2 Å². The van der Waals surface area contributed by atoms with Crippen LogP contribution in [0.25, 0.3) is 0 Å². The summed E-state index contributed by atoms with van der Waals surface area (Å²) in [5, 5.41) is 3.36. The van der Waals surface area contributed by atoms with Crippen molar-refractivity contribution in [2.45, 2.75) is 58.5 Å². The van der Waals surface area contributed by atoms with E-state index in [1.165, 1.54) is 6.42 Å². The molecule has 1 aliphatic heterocycles. The molecule has 0 spiro atoms. The number of hydrogen-bond donors (Lipinski definition) is 1. The van der Waals surface area contributed by atoms with Crippen LogP contribution in [0, 0.1) is 0 Å². The first-order valence-electron chi connectivity index (χ1n) is 7.61. The number of nitrogens with zero attached hydrogens (tertiary/aromatic N) is 2. The standard InChI is InChI=1S/C16H25N3O/c1-4-12(2)18-16-9-8-14(11-17-16)15-7-5-6-10-19(15)13(3)20/h8-9,11-12,15H,4-7,10H2,1-3H3,(H,17,18)/t12-,15+/m0/s1. The van der Waals surface area contributed by atoms with Gasteiger partial charge in [0.2, 0.25) is 5.91 Å². The Bertz CT molecular complexity index is 444. The molecule has 2 heterocycles. The minimum Gasteiger partial charge on any atom is -0.368 e. The Morgan fingerprint density at radius 1 is 1.50 bits per heavy atom. The molecule has 4 heteroatoms. The SMILES string of the molecule is CC[C@H](C)Nc1ccc([C@H]2CCCCN2C(C)=O)cn1. The van der Waals surface area contributed by atoms with Crippen LogP contribution in [0.15, 0.2) is 18.3 Å². The monoisotopic (exact) mass is 275 g/mol. The molecule has 0 aromatic carbocycles. The zero-order valence-electron chi connectivity index (χ0n) is 12.7. The van der Waals surface area contributed by atoms with E-state index in [4.69, 9.17) is 0 Å². The number of carbonyl (C=O) groups is 1. The number of anilines is 1. The van der Waals surface area contributed by atoms with Gasteiger partial charge in [0.1, 0.15) is 5.82 Å². The molecule has 0 bridgehead atoms. The summed E-state index contributed by atoms with van der Waals surface area (Å²) < 4.78 is 0. The number of hydrogen-bond acceptors (Lipinski definition) is 3. The lowest BCUT2D eigenvalue weighted by Crippen LogP contribution is -2.36. The fourth-order valence-electron chi connectivity index (χ4n) is 2.70. The summed E-state index contributed by atoms with van der Waals surface area (Å²) in [5.74, 6) is 1.07. The van der Waals surface area contributed by atoms with Crippen LogP contribution in [0.4, 0.5) is 5.82 Å². The van der Waals surface area contributed by atoms with Crippen LogP contribution in [0.1, 0.15) is 58.1 Å². The highest BCUT2D eigenvalue weighted by atomic mass is 16.2. The summed E-state index contributed by atoms with van der Waals surface area (Å²) in [6, 6.07) is 4.75. The van der Waals surface area contributed by atoms with Crippen molar-refractivity contribution in [3.63, 3.8) is 0 Å². The number of pyridine rings is 1. The van der Waals surface area contributed by atoms with Crippen LogP contribution in [0.5, 0.6) is 0 Å². The second-order valence-electron chi connectivity index (χ2n) is 5.65. The van der Waals surface area contributed by atoms with Gasteiger partial charge in [-0.2, -0.15) is 0 Å². The summed E-state index contributed by atoms with van der Waals surface area (Å²) in [6.07, 6.45) is 6.32. The molecule has 110 valence electrons. The van der Waals surface area contributed by atoms with Crippen molar-refractivity contribution < 1.29 is 4.79 Å². The number of likely N-dealkylation sites (tertiary alicyclic amines) is 1. The average Bonchev–Trinajstić information content (AvgIpc) is 2.48. The van der Waals surface area contributed by atoms with Gasteiger partial charge >= 0.3 is 0 Å². The summed E-state index contributed by atoms with van der Waals surface area (Å²) in [4.78, 5) is 18.2. The van der Waals surface area contributed by atoms with Gasteiger partial charge in [0.15, 0.2) is 0 Å². The molecule has 1 fully saturated rings. The van der Waals surface area contributed by atoms with E-state index in [-0.39, 0.29) is 11.9 Å². The molecular weight excluding hydrogens is 250 g/mol. The van der Waals surface area contributed by atoms with Gasteiger partial charge in [-0.3, -0.25) is 4.79 Å². The number of rotatable bonds is 4. The first kappa shape index (κ1) is 14.8. The Kier molecular flexibility index (Phi) is 4.99. The number of aromatic nitrogens is 1. The van der Waals surface area contributed by atoms with Gasteiger partial charge in [0.05, 0.1) is 6.04 Å². The lowest BCUT2D eigenvalue weighted by Gasteiger charge is -2.35. The molecule has 2 atom stereocenters. The van der Waals surface area contributed by atoms with Crippen molar-refractivity contribution in [2.75, 3.05) is 11.9 Å². The van der Waals surface area contributed by atoms with Gasteiger partial charge in [0, 0.05) is 25.7 Å². The molecule has 4 nitrogen and oxygen atoms in total. The minimum atomic E-state index is 0.163. The fourth-order valence-corrected chi connectivity index (χ4v) is 2.70. The van der Waals surface area contributed by atoms with E-state index in [0.717, 1.165) is 37.2 Å². The van der Waals surface area contributed by atoms with E-state index in [9.17, 15) is 4.79 Å². The molecule has 0 saturated carbocycles. The molecule has 20 heavy (non-hydrogen) atoms. The van der Waals surface area contributed by atoms with Crippen molar-refractivity contribution >= 4 is 11.7 Å². The quantitative estimate of drug-likeness (QED) is 0.916. The Balaban J connectivity index is 2.09. The first-order chi connectivity index (χ1) is 9.61. The molecule has 2 rings (SSSR count). The lowest BCUT2D eigenvalue weighted by molar-refractivity contribution is -0.132. The van der Waals surface area contributed by atoms with Crippen LogP contribution in [-0.2, 0) is 4.79 Å². The van der Waals surface area contributed by atoms with Crippen LogP contribution in [0.2, 0.25) is 0 Å². The van der Waals surface area contributed by atoms with Crippen LogP contribution in [-0.4, -0.2) is 28.4 Å². The molecule has 1 aromatic heterocycles. The largest absolute Gasteiger partial charge is 0.368 e. The predicted molar refractivity (Wildman–Crippen MR) is 81.6 cm³/mol. The van der Waals surface area contributed by atoms with Crippen LogP contribution < -0.4 is 5.32 Å². The van der Waals surface area contributed by atoms with E-state index < -0.39 is 0 Å². The predicted octanol–water partition coefficient (Wildman–Crippen LogP) is 3.37. The van der Waals surface area contributed by atoms with Gasteiger partial charge in [-0.05, 0) is 44.2 Å². The van der Waals surface area contributed by atoms with Crippen molar-refractivity contribution in [1.29, 1.82) is 0 Å². The van der Waals surface area contributed by atoms with E-state index in [1.807, 2.05) is 17.2 Å². The molecule has 0 aliphatic carbocycles. The third kappa shape index (κ3) is 3.50. The number of piperidine rings is 1. The highest BCUT2D eigenvalue weighted by Gasteiger charge is 2.25. The summed E-state index contributed by atoms with van der Waals surface area (Å²) in [5.41, 5.74) is 1.15. The topological polar surface area (TPSA) is 45.2 Å². The minimum absolute atomic E-state index is 0.163. The lowest BCUT2D eigenvalue weighted by atomic mass is 9.96. The average molecular weight is 275 g/mol. The second-order valence-corrected chi connectivity index (χ2v) is 5.65. The number of nitrogens with one attached hydrogen (secondary N) is 1. The van der Waals surface area contributed by atoms with Gasteiger partial charge in [0.25, 0.3) is 0 Å². The highest BCUT2D eigenvalue weighted by molar-refractivity contribution is 5.74. The van der Waals surface area contributed by atoms with E-state index in [1.54, 1.807) is 6.92 Å². The third-order valence-corrected chi connectivity index (χ3v) is 4.09. The van der Waals surface area contributed by atoms with Crippen LogP contribution in [0.3, 0.4) is 0 Å². The molecular formula is C16H25N3O. The highest BCUT2D eigenvalue weighted by Crippen LogP contribution is 2.30. The normalized spacial score (nSPS) is 20.6. The summed E-state index contributed by atoms with van der Waals surface area (Å²) in [6.45, 7) is 6.82. The van der Waals surface area contributed by atoms with E-state index >= 15 is 0 Å². The Hall–Kier alpha value is -1.58. The van der Waals surface area contributed by atoms with Crippen LogP contribution >= 0.6 is 0 Å². The zero-order chi connectivity index (χ0) is 14.5. The summed E-state index contributed by atoms with van der Waals surface area (Å²) in [7, 11) is 0. The Morgan fingerprint density at radius 2 is 2.30 bits per heavy atom. The molecule has 1 aromatic rings. The Labute approximate surface area is 121 Å². The van der Waals surface area contributed by atoms with Crippen molar-refractivity contribution in [3.8, 4) is 0 Å². The maximum Gasteiger partial charge on any atom is 0.219 e. The van der Waals surface area contributed by atoms with Gasteiger partial charge in [-0.15, -0.1) is 0 Å². The molecule has 1 aliphatic rings. The second kappa shape index (κ2) is 6.73. The van der Waals surface area contributed by atoms with Crippen molar-refractivity contribution in [2.24, 2.45) is 0 Å². The molecule has 0 radical (unpaired) electrons.